The zero-order valence-corrected chi connectivity index (χ0v) is 9.26. The molecule has 6 nitrogen and oxygen atoms in total. The Morgan fingerprint density at radius 2 is 1.81 bits per heavy atom. The van der Waals surface area contributed by atoms with Gasteiger partial charge >= 0.3 is 0 Å². The molecule has 1 saturated heterocycles. The minimum atomic E-state index is 0.133. The summed E-state index contributed by atoms with van der Waals surface area (Å²) in [4.78, 5) is 23.1. The number of carbonyl (C=O) groups excluding carboxylic acids is 1. The van der Waals surface area contributed by atoms with Crippen LogP contribution in [0.5, 0.6) is 0 Å². The summed E-state index contributed by atoms with van der Waals surface area (Å²) >= 11 is 0. The summed E-state index contributed by atoms with van der Waals surface area (Å²) in [5.74, 6) is 0.416. The van der Waals surface area contributed by atoms with Crippen LogP contribution < -0.4 is 10.6 Å². The predicted octanol–water partition coefficient (Wildman–Crippen LogP) is -0.273. The quantitative estimate of drug-likeness (QED) is 0.706. The average Bonchev–Trinajstić information content (AvgIpc) is 2.30. The molecule has 6 heteroatoms. The first-order valence-electron chi connectivity index (χ1n) is 5.25. The Bertz CT molecular complexity index is 369. The van der Waals surface area contributed by atoms with Gasteiger partial charge in [-0.15, -0.1) is 0 Å². The minimum Gasteiger partial charge on any atom is -0.368 e. The van der Waals surface area contributed by atoms with Crippen LogP contribution in [-0.2, 0) is 4.79 Å². The van der Waals surface area contributed by atoms with Crippen molar-refractivity contribution in [3.05, 3.63) is 12.4 Å². The van der Waals surface area contributed by atoms with E-state index in [0.29, 0.717) is 0 Å². The van der Waals surface area contributed by atoms with E-state index in [0.717, 1.165) is 31.9 Å². The number of aromatic nitrogens is 2. The van der Waals surface area contributed by atoms with Crippen molar-refractivity contribution in [1.29, 1.82) is 0 Å². The first-order valence-corrected chi connectivity index (χ1v) is 5.25. The zero-order chi connectivity index (χ0) is 11.5. The minimum absolute atomic E-state index is 0.133. The van der Waals surface area contributed by atoms with Gasteiger partial charge in [-0.2, -0.15) is 0 Å². The lowest BCUT2D eigenvalue weighted by Gasteiger charge is -2.35. The van der Waals surface area contributed by atoms with Crippen molar-refractivity contribution >= 4 is 17.5 Å². The predicted molar refractivity (Wildman–Crippen MR) is 60.9 cm³/mol. The standard InChI is InChI=1S/C10H15N5O/c1-8(16)14-2-4-15(5-3-14)9-6-12-10(11)13-7-9/h6-7H,2-5H2,1H3,(H2,11,12,13). The summed E-state index contributed by atoms with van der Waals surface area (Å²) in [6.07, 6.45) is 3.43. The Morgan fingerprint density at radius 1 is 1.25 bits per heavy atom. The molecule has 0 aliphatic carbocycles. The third-order valence-electron chi connectivity index (χ3n) is 2.75. The number of anilines is 2. The van der Waals surface area contributed by atoms with Crippen LogP contribution in [0.15, 0.2) is 12.4 Å². The highest BCUT2D eigenvalue weighted by atomic mass is 16.2. The number of nitrogen functional groups attached to an aromatic ring is 1. The van der Waals surface area contributed by atoms with Gasteiger partial charge in [0.1, 0.15) is 0 Å². The first-order chi connectivity index (χ1) is 7.66. The number of carbonyl (C=O) groups is 1. The van der Waals surface area contributed by atoms with Gasteiger partial charge in [0, 0.05) is 33.1 Å². The SMILES string of the molecule is CC(=O)N1CCN(c2cnc(N)nc2)CC1. The van der Waals surface area contributed by atoms with Crippen molar-refractivity contribution in [1.82, 2.24) is 14.9 Å². The van der Waals surface area contributed by atoms with Crippen LogP contribution in [0.2, 0.25) is 0 Å². The van der Waals surface area contributed by atoms with E-state index in [1.54, 1.807) is 19.3 Å². The number of nitrogens with two attached hydrogens (primary N) is 1. The number of nitrogens with zero attached hydrogens (tertiary/aromatic N) is 4. The van der Waals surface area contributed by atoms with Crippen LogP contribution in [0.1, 0.15) is 6.92 Å². The molecule has 1 amide bonds. The number of rotatable bonds is 1. The van der Waals surface area contributed by atoms with Crippen LogP contribution in [0.3, 0.4) is 0 Å². The Labute approximate surface area is 94.1 Å². The van der Waals surface area contributed by atoms with Gasteiger partial charge in [-0.1, -0.05) is 0 Å². The van der Waals surface area contributed by atoms with E-state index in [4.69, 9.17) is 5.73 Å². The molecule has 1 aromatic rings. The summed E-state index contributed by atoms with van der Waals surface area (Å²) < 4.78 is 0. The summed E-state index contributed by atoms with van der Waals surface area (Å²) in [5, 5.41) is 0. The Morgan fingerprint density at radius 3 is 2.31 bits per heavy atom. The summed E-state index contributed by atoms with van der Waals surface area (Å²) in [7, 11) is 0. The monoisotopic (exact) mass is 221 g/mol. The fourth-order valence-electron chi connectivity index (χ4n) is 1.77. The van der Waals surface area contributed by atoms with Gasteiger partial charge in [0.2, 0.25) is 11.9 Å². The van der Waals surface area contributed by atoms with E-state index >= 15 is 0 Å². The molecule has 0 unspecified atom stereocenters. The van der Waals surface area contributed by atoms with Gasteiger partial charge < -0.3 is 15.5 Å². The second-order valence-electron chi connectivity index (χ2n) is 3.79. The molecule has 1 aromatic heterocycles. The van der Waals surface area contributed by atoms with Gasteiger partial charge in [0.25, 0.3) is 0 Å². The number of hydrogen-bond acceptors (Lipinski definition) is 5. The number of piperazine rings is 1. The molecule has 86 valence electrons. The van der Waals surface area contributed by atoms with Crippen LogP contribution in [0.4, 0.5) is 11.6 Å². The maximum Gasteiger partial charge on any atom is 0.220 e. The van der Waals surface area contributed by atoms with Crippen LogP contribution in [0.25, 0.3) is 0 Å². The van der Waals surface area contributed by atoms with E-state index in [9.17, 15) is 4.79 Å². The molecule has 1 aliphatic rings. The Balaban J connectivity index is 1.99. The maximum absolute atomic E-state index is 11.2. The molecule has 2 rings (SSSR count). The first kappa shape index (κ1) is 10.7. The highest BCUT2D eigenvalue weighted by Gasteiger charge is 2.18. The summed E-state index contributed by atoms with van der Waals surface area (Å²) in [6, 6.07) is 0. The van der Waals surface area contributed by atoms with Crippen molar-refractivity contribution < 1.29 is 4.79 Å². The Hall–Kier alpha value is -1.85. The van der Waals surface area contributed by atoms with Gasteiger partial charge in [0.15, 0.2) is 0 Å². The number of hydrogen-bond donors (Lipinski definition) is 1. The summed E-state index contributed by atoms with van der Waals surface area (Å²) in [6.45, 7) is 4.72. The normalized spacial score (nSPS) is 16.3. The summed E-state index contributed by atoms with van der Waals surface area (Å²) in [5.41, 5.74) is 6.38. The highest BCUT2D eigenvalue weighted by Crippen LogP contribution is 2.14. The Kier molecular flexibility index (Phi) is 2.89. The highest BCUT2D eigenvalue weighted by molar-refractivity contribution is 5.73. The fraction of sp³-hybridized carbons (Fsp3) is 0.500. The molecule has 2 heterocycles. The maximum atomic E-state index is 11.2. The average molecular weight is 221 g/mol. The van der Waals surface area contributed by atoms with E-state index in [1.165, 1.54) is 0 Å². The lowest BCUT2D eigenvalue weighted by atomic mass is 10.3. The van der Waals surface area contributed by atoms with Gasteiger partial charge in [-0.25, -0.2) is 9.97 Å². The lowest BCUT2D eigenvalue weighted by Crippen LogP contribution is -2.48. The van der Waals surface area contributed by atoms with E-state index in [-0.39, 0.29) is 11.9 Å². The van der Waals surface area contributed by atoms with E-state index in [2.05, 4.69) is 14.9 Å². The second kappa shape index (κ2) is 4.34. The van der Waals surface area contributed by atoms with Gasteiger partial charge in [-0.05, 0) is 0 Å². The molecule has 2 N–H and O–H groups in total. The lowest BCUT2D eigenvalue weighted by molar-refractivity contribution is -0.129. The molecule has 16 heavy (non-hydrogen) atoms. The van der Waals surface area contributed by atoms with Crippen molar-refractivity contribution in [2.75, 3.05) is 36.8 Å². The molecule has 0 bridgehead atoms. The van der Waals surface area contributed by atoms with Crippen LogP contribution in [0, 0.1) is 0 Å². The van der Waals surface area contributed by atoms with Gasteiger partial charge in [0.05, 0.1) is 18.1 Å². The van der Waals surface area contributed by atoms with Crippen molar-refractivity contribution in [2.45, 2.75) is 6.92 Å². The third-order valence-corrected chi connectivity index (χ3v) is 2.75. The van der Waals surface area contributed by atoms with Crippen LogP contribution in [-0.4, -0.2) is 47.0 Å². The molecule has 1 aliphatic heterocycles. The van der Waals surface area contributed by atoms with Crippen molar-refractivity contribution in [3.8, 4) is 0 Å². The van der Waals surface area contributed by atoms with Gasteiger partial charge in [-0.3, -0.25) is 4.79 Å². The molecule has 0 radical (unpaired) electrons. The third kappa shape index (κ3) is 2.21. The topological polar surface area (TPSA) is 75.4 Å². The molecular formula is C10H15N5O. The molecule has 0 spiro atoms. The zero-order valence-electron chi connectivity index (χ0n) is 9.26. The molecule has 1 fully saturated rings. The second-order valence-corrected chi connectivity index (χ2v) is 3.79. The fourth-order valence-corrected chi connectivity index (χ4v) is 1.77. The van der Waals surface area contributed by atoms with Crippen molar-refractivity contribution in [3.63, 3.8) is 0 Å². The largest absolute Gasteiger partial charge is 0.368 e. The molecule has 0 saturated carbocycles. The molecule has 0 atom stereocenters. The smallest absolute Gasteiger partial charge is 0.220 e. The molecule has 0 aromatic carbocycles. The van der Waals surface area contributed by atoms with E-state index < -0.39 is 0 Å². The van der Waals surface area contributed by atoms with Crippen LogP contribution >= 0.6 is 0 Å². The molecular weight excluding hydrogens is 206 g/mol. The van der Waals surface area contributed by atoms with E-state index in [1.807, 2.05) is 4.90 Å². The van der Waals surface area contributed by atoms with Crippen molar-refractivity contribution in [2.24, 2.45) is 0 Å². The number of amides is 1.